The Morgan fingerprint density at radius 3 is 2.56 bits per heavy atom. The van der Waals surface area contributed by atoms with Crippen LogP contribution in [0.5, 0.6) is 0 Å². The number of rotatable bonds is 1. The average molecular weight is 256 g/mol. The Bertz CT molecular complexity index is 356. The number of carbonyl (C=O) groups is 2. The van der Waals surface area contributed by atoms with Gasteiger partial charge in [0.25, 0.3) is 0 Å². The number of carboxylic acids is 1. The molecule has 0 saturated carbocycles. The highest BCUT2D eigenvalue weighted by molar-refractivity contribution is 5.77. The first kappa shape index (κ1) is 13.1. The molecule has 2 rings (SSSR count). The third kappa shape index (κ3) is 2.75. The van der Waals surface area contributed by atoms with E-state index in [-0.39, 0.29) is 18.0 Å². The summed E-state index contributed by atoms with van der Waals surface area (Å²) < 4.78 is 5.11. The minimum absolute atomic E-state index is 0.0601. The van der Waals surface area contributed by atoms with Gasteiger partial charge in [-0.1, -0.05) is 13.8 Å². The predicted molar refractivity (Wildman–Crippen MR) is 64.3 cm³/mol. The Hall–Kier alpha value is -1.30. The van der Waals surface area contributed by atoms with E-state index in [9.17, 15) is 9.59 Å². The first-order valence-corrected chi connectivity index (χ1v) is 6.27. The first-order valence-electron chi connectivity index (χ1n) is 6.27. The summed E-state index contributed by atoms with van der Waals surface area (Å²) in [5, 5.41) is 8.91. The fourth-order valence-electron chi connectivity index (χ4n) is 2.45. The Labute approximate surface area is 106 Å². The molecule has 0 aliphatic carbocycles. The fraction of sp³-hybridized carbons (Fsp3) is 0.833. The van der Waals surface area contributed by atoms with Crippen molar-refractivity contribution in [2.24, 2.45) is 5.41 Å². The number of likely N-dealkylation sites (tertiary alicyclic amines) is 1. The molecule has 6 heteroatoms. The van der Waals surface area contributed by atoms with Crippen LogP contribution < -0.4 is 0 Å². The van der Waals surface area contributed by atoms with Crippen molar-refractivity contribution in [3.63, 3.8) is 0 Å². The number of carbonyl (C=O) groups excluding carboxylic acids is 1. The van der Waals surface area contributed by atoms with Gasteiger partial charge in [-0.15, -0.1) is 0 Å². The molecule has 2 heterocycles. The van der Waals surface area contributed by atoms with Crippen molar-refractivity contribution in [1.82, 2.24) is 9.80 Å². The largest absolute Gasteiger partial charge is 0.479 e. The van der Waals surface area contributed by atoms with Gasteiger partial charge in [0.05, 0.1) is 13.2 Å². The second-order valence-corrected chi connectivity index (χ2v) is 5.76. The van der Waals surface area contributed by atoms with E-state index in [4.69, 9.17) is 9.84 Å². The van der Waals surface area contributed by atoms with Crippen molar-refractivity contribution in [3.8, 4) is 0 Å². The van der Waals surface area contributed by atoms with Crippen molar-refractivity contribution in [3.05, 3.63) is 0 Å². The number of urea groups is 1. The van der Waals surface area contributed by atoms with Crippen LogP contribution in [0.25, 0.3) is 0 Å². The van der Waals surface area contributed by atoms with Gasteiger partial charge in [-0.3, -0.25) is 0 Å². The molecular weight excluding hydrogens is 236 g/mol. The van der Waals surface area contributed by atoms with Gasteiger partial charge in [-0.05, 0) is 11.8 Å². The summed E-state index contributed by atoms with van der Waals surface area (Å²) in [5.74, 6) is -1.01. The zero-order valence-electron chi connectivity index (χ0n) is 10.9. The second-order valence-electron chi connectivity index (χ2n) is 5.76. The van der Waals surface area contributed by atoms with Gasteiger partial charge in [0.1, 0.15) is 0 Å². The summed E-state index contributed by atoms with van der Waals surface area (Å²) in [6.07, 6.45) is 0.101. The predicted octanol–water partition coefficient (Wildman–Crippen LogP) is 0.624. The number of hydrogen-bond donors (Lipinski definition) is 1. The number of ether oxygens (including phenoxy) is 1. The molecule has 0 bridgehead atoms. The Morgan fingerprint density at radius 2 is 2.00 bits per heavy atom. The maximum Gasteiger partial charge on any atom is 0.334 e. The van der Waals surface area contributed by atoms with Crippen LogP contribution in [-0.4, -0.2) is 65.8 Å². The summed E-state index contributed by atoms with van der Waals surface area (Å²) >= 11 is 0. The molecule has 0 aromatic carbocycles. The average Bonchev–Trinajstić information content (AvgIpc) is 2.69. The van der Waals surface area contributed by atoms with Crippen LogP contribution in [0.2, 0.25) is 0 Å². The van der Waals surface area contributed by atoms with Crippen LogP contribution in [0.15, 0.2) is 0 Å². The van der Waals surface area contributed by atoms with Crippen molar-refractivity contribution < 1.29 is 19.4 Å². The normalized spacial score (nSPS) is 27.3. The van der Waals surface area contributed by atoms with Crippen molar-refractivity contribution >= 4 is 12.0 Å². The monoisotopic (exact) mass is 256 g/mol. The summed E-state index contributed by atoms with van der Waals surface area (Å²) in [7, 11) is 0. The lowest BCUT2D eigenvalue weighted by Gasteiger charge is -2.34. The van der Waals surface area contributed by atoms with Crippen LogP contribution in [-0.2, 0) is 9.53 Å². The van der Waals surface area contributed by atoms with Gasteiger partial charge in [-0.25, -0.2) is 9.59 Å². The first-order chi connectivity index (χ1) is 8.39. The van der Waals surface area contributed by atoms with E-state index < -0.39 is 12.1 Å². The molecule has 2 saturated heterocycles. The lowest BCUT2D eigenvalue weighted by atomic mass is 9.93. The van der Waals surface area contributed by atoms with E-state index >= 15 is 0 Å². The molecular formula is C12H20N2O4. The topological polar surface area (TPSA) is 70.1 Å². The van der Waals surface area contributed by atoms with E-state index in [0.29, 0.717) is 13.2 Å². The summed E-state index contributed by atoms with van der Waals surface area (Å²) in [6.45, 7) is 6.67. The standard InChI is InChI=1S/C12H20N2O4/c1-12(2)3-4-14(8-12)11(17)13-5-6-18-9(7-13)10(15)16/h9H,3-8H2,1-2H3,(H,15,16). The highest BCUT2D eigenvalue weighted by atomic mass is 16.5. The van der Waals surface area contributed by atoms with E-state index in [1.807, 2.05) is 4.90 Å². The number of morpholine rings is 1. The van der Waals surface area contributed by atoms with Crippen LogP contribution in [0, 0.1) is 5.41 Å². The van der Waals surface area contributed by atoms with Crippen LogP contribution in [0.1, 0.15) is 20.3 Å². The summed E-state index contributed by atoms with van der Waals surface area (Å²) in [6, 6.07) is -0.0601. The van der Waals surface area contributed by atoms with Gasteiger partial charge >= 0.3 is 12.0 Å². The van der Waals surface area contributed by atoms with Gasteiger partial charge in [0.15, 0.2) is 6.10 Å². The molecule has 1 unspecified atom stereocenters. The second kappa shape index (κ2) is 4.76. The Morgan fingerprint density at radius 1 is 1.28 bits per heavy atom. The molecule has 2 aliphatic rings. The van der Waals surface area contributed by atoms with Crippen molar-refractivity contribution in [2.75, 3.05) is 32.8 Å². The zero-order valence-corrected chi connectivity index (χ0v) is 10.9. The SMILES string of the molecule is CC1(C)CCN(C(=O)N2CCOC(C(=O)O)C2)C1. The third-order valence-corrected chi connectivity index (χ3v) is 3.56. The van der Waals surface area contributed by atoms with Crippen LogP contribution >= 0.6 is 0 Å². The maximum absolute atomic E-state index is 12.3. The smallest absolute Gasteiger partial charge is 0.334 e. The van der Waals surface area contributed by atoms with Crippen LogP contribution in [0.4, 0.5) is 4.79 Å². The summed E-state index contributed by atoms with van der Waals surface area (Å²) in [5.41, 5.74) is 0.161. The van der Waals surface area contributed by atoms with Gasteiger partial charge in [0.2, 0.25) is 0 Å². The minimum Gasteiger partial charge on any atom is -0.479 e. The van der Waals surface area contributed by atoms with Gasteiger partial charge in [0, 0.05) is 19.6 Å². The zero-order chi connectivity index (χ0) is 13.3. The number of amides is 2. The van der Waals surface area contributed by atoms with Crippen molar-refractivity contribution in [1.29, 1.82) is 0 Å². The van der Waals surface area contributed by atoms with E-state index in [1.165, 1.54) is 0 Å². The molecule has 1 atom stereocenters. The Balaban J connectivity index is 1.95. The van der Waals surface area contributed by atoms with E-state index in [2.05, 4.69) is 13.8 Å². The number of hydrogen-bond acceptors (Lipinski definition) is 3. The highest BCUT2D eigenvalue weighted by Crippen LogP contribution is 2.29. The van der Waals surface area contributed by atoms with E-state index in [0.717, 1.165) is 19.5 Å². The quantitative estimate of drug-likeness (QED) is 0.747. The fourth-order valence-corrected chi connectivity index (χ4v) is 2.45. The number of nitrogens with zero attached hydrogens (tertiary/aromatic N) is 2. The molecule has 0 aromatic rings. The molecule has 2 aliphatic heterocycles. The molecule has 2 fully saturated rings. The minimum atomic E-state index is -1.01. The lowest BCUT2D eigenvalue weighted by molar-refractivity contribution is -0.154. The molecule has 102 valence electrons. The van der Waals surface area contributed by atoms with Crippen LogP contribution in [0.3, 0.4) is 0 Å². The van der Waals surface area contributed by atoms with E-state index in [1.54, 1.807) is 4.90 Å². The molecule has 0 spiro atoms. The maximum atomic E-state index is 12.3. The highest BCUT2D eigenvalue weighted by Gasteiger charge is 2.36. The van der Waals surface area contributed by atoms with Gasteiger partial charge < -0.3 is 19.6 Å². The van der Waals surface area contributed by atoms with Crippen molar-refractivity contribution in [2.45, 2.75) is 26.4 Å². The Kier molecular flexibility index (Phi) is 3.47. The molecule has 0 aromatic heterocycles. The molecule has 2 amide bonds. The molecule has 0 radical (unpaired) electrons. The molecule has 1 N–H and O–H groups in total. The third-order valence-electron chi connectivity index (χ3n) is 3.56. The summed E-state index contributed by atoms with van der Waals surface area (Å²) in [4.78, 5) is 26.5. The van der Waals surface area contributed by atoms with Gasteiger partial charge in [-0.2, -0.15) is 0 Å². The molecule has 6 nitrogen and oxygen atoms in total. The molecule has 18 heavy (non-hydrogen) atoms. The number of carboxylic acid groups (broad SMARTS) is 1. The lowest BCUT2D eigenvalue weighted by Crippen LogP contribution is -2.52. The number of aliphatic carboxylic acids is 1.